The number of hydrogen-bond acceptors (Lipinski definition) is 3. The zero-order valence-corrected chi connectivity index (χ0v) is 12.4. The molecule has 0 atom stereocenters. The van der Waals surface area contributed by atoms with Crippen LogP contribution in [0.2, 0.25) is 5.02 Å². The van der Waals surface area contributed by atoms with Crippen molar-refractivity contribution in [2.45, 2.75) is 12.7 Å². The fourth-order valence-electron chi connectivity index (χ4n) is 1.81. The summed E-state index contributed by atoms with van der Waals surface area (Å²) in [5, 5.41) is 8.17. The summed E-state index contributed by atoms with van der Waals surface area (Å²) in [6.45, 7) is -0.119. The van der Waals surface area contributed by atoms with E-state index in [1.165, 1.54) is 0 Å². The molecule has 2 aromatic rings. The minimum Gasteiger partial charge on any atom is -0.492 e. The van der Waals surface area contributed by atoms with E-state index in [0.29, 0.717) is 23.6 Å². The molecule has 0 aliphatic heterocycles. The molecular formula is C15H10ClF3N2O2. The van der Waals surface area contributed by atoms with Crippen LogP contribution in [0, 0.1) is 11.3 Å². The van der Waals surface area contributed by atoms with Crippen LogP contribution in [0.3, 0.4) is 0 Å². The van der Waals surface area contributed by atoms with Gasteiger partial charge in [-0.1, -0.05) is 11.6 Å². The number of ether oxygens (including phenoxy) is 1. The van der Waals surface area contributed by atoms with Gasteiger partial charge in [0, 0.05) is 6.20 Å². The largest absolute Gasteiger partial charge is 0.492 e. The molecule has 0 aliphatic carbocycles. The van der Waals surface area contributed by atoms with Gasteiger partial charge in [0.15, 0.2) is 0 Å². The number of halogens is 4. The zero-order chi connectivity index (χ0) is 17.0. The van der Waals surface area contributed by atoms with Gasteiger partial charge in [-0.05, 0) is 30.3 Å². The highest BCUT2D eigenvalue weighted by molar-refractivity contribution is 6.30. The Kier molecular flexibility index (Phi) is 4.96. The van der Waals surface area contributed by atoms with E-state index in [4.69, 9.17) is 21.6 Å². The van der Waals surface area contributed by atoms with Gasteiger partial charge in [-0.25, -0.2) is 0 Å². The minimum atomic E-state index is -4.59. The number of nitriles is 1. The maximum Gasteiger partial charge on any atom is 0.417 e. The highest BCUT2D eigenvalue weighted by Crippen LogP contribution is 2.29. The van der Waals surface area contributed by atoms with Gasteiger partial charge in [-0.2, -0.15) is 18.4 Å². The fourth-order valence-corrected chi connectivity index (χ4v) is 2.03. The third-order valence-electron chi connectivity index (χ3n) is 2.95. The molecule has 1 aromatic heterocycles. The van der Waals surface area contributed by atoms with E-state index in [1.54, 1.807) is 24.3 Å². The number of pyridine rings is 1. The third-order valence-corrected chi connectivity index (χ3v) is 3.22. The smallest absolute Gasteiger partial charge is 0.417 e. The lowest BCUT2D eigenvalue weighted by Crippen LogP contribution is -2.25. The summed E-state index contributed by atoms with van der Waals surface area (Å²) in [5.41, 5.74) is -1.26. The second-order valence-corrected chi connectivity index (χ2v) is 4.96. The molecule has 4 nitrogen and oxygen atoms in total. The molecule has 0 spiro atoms. The van der Waals surface area contributed by atoms with Gasteiger partial charge in [0.2, 0.25) is 0 Å². The molecule has 8 heteroatoms. The van der Waals surface area contributed by atoms with E-state index < -0.39 is 22.3 Å². The number of hydrogen-bond donors (Lipinski definition) is 0. The van der Waals surface area contributed by atoms with Crippen LogP contribution < -0.4 is 10.3 Å². The quantitative estimate of drug-likeness (QED) is 0.855. The lowest BCUT2D eigenvalue weighted by molar-refractivity contribution is -0.138. The average Bonchev–Trinajstić information content (AvgIpc) is 2.51. The molecule has 2 rings (SSSR count). The summed E-state index contributed by atoms with van der Waals surface area (Å²) >= 11 is 5.55. The van der Waals surface area contributed by atoms with Crippen molar-refractivity contribution in [1.29, 1.82) is 5.26 Å². The van der Waals surface area contributed by atoms with Crippen molar-refractivity contribution in [1.82, 2.24) is 4.57 Å². The summed E-state index contributed by atoms with van der Waals surface area (Å²) in [6, 6.07) is 8.75. The molecule has 23 heavy (non-hydrogen) atoms. The van der Waals surface area contributed by atoms with Crippen molar-refractivity contribution < 1.29 is 17.9 Å². The second-order valence-electron chi connectivity index (χ2n) is 4.56. The highest BCUT2D eigenvalue weighted by atomic mass is 35.5. The Hall–Kier alpha value is -2.46. The summed E-state index contributed by atoms with van der Waals surface area (Å²) in [6.07, 6.45) is -3.89. The normalized spacial score (nSPS) is 11.1. The molecule has 0 radical (unpaired) electrons. The maximum absolute atomic E-state index is 12.7. The van der Waals surface area contributed by atoms with Crippen molar-refractivity contribution in [2.24, 2.45) is 0 Å². The lowest BCUT2D eigenvalue weighted by atomic mass is 10.2. The lowest BCUT2D eigenvalue weighted by Gasteiger charge is -2.12. The van der Waals surface area contributed by atoms with Crippen LogP contribution in [-0.2, 0) is 12.7 Å². The summed E-state index contributed by atoms with van der Waals surface area (Å²) in [4.78, 5) is 11.7. The summed E-state index contributed by atoms with van der Waals surface area (Å²) < 4.78 is 44.3. The van der Waals surface area contributed by atoms with Gasteiger partial charge < -0.3 is 9.30 Å². The maximum atomic E-state index is 12.7. The highest BCUT2D eigenvalue weighted by Gasteiger charge is 2.32. The van der Waals surface area contributed by atoms with Crippen molar-refractivity contribution in [3.63, 3.8) is 0 Å². The van der Waals surface area contributed by atoms with Crippen LogP contribution in [0.25, 0.3) is 0 Å². The number of rotatable bonds is 4. The Bertz CT molecular complexity index is 792. The number of aromatic nitrogens is 1. The van der Waals surface area contributed by atoms with Gasteiger partial charge >= 0.3 is 6.18 Å². The van der Waals surface area contributed by atoms with Crippen LogP contribution in [0.15, 0.2) is 41.3 Å². The van der Waals surface area contributed by atoms with Crippen molar-refractivity contribution >= 4 is 11.6 Å². The van der Waals surface area contributed by atoms with Gasteiger partial charge in [0.05, 0.1) is 23.7 Å². The Labute approximate surface area is 134 Å². The first-order valence-electron chi connectivity index (χ1n) is 6.41. The first kappa shape index (κ1) is 16.9. The molecule has 0 fully saturated rings. The van der Waals surface area contributed by atoms with Gasteiger partial charge in [0.25, 0.3) is 5.56 Å². The van der Waals surface area contributed by atoms with E-state index in [9.17, 15) is 18.0 Å². The molecule has 1 aromatic carbocycles. The van der Waals surface area contributed by atoms with Gasteiger partial charge in [-0.15, -0.1) is 0 Å². The van der Waals surface area contributed by atoms with Crippen LogP contribution in [0.5, 0.6) is 5.75 Å². The molecule has 0 aliphatic rings. The first-order valence-corrected chi connectivity index (χ1v) is 6.79. The second kappa shape index (κ2) is 6.75. The predicted molar refractivity (Wildman–Crippen MR) is 77.4 cm³/mol. The van der Waals surface area contributed by atoms with E-state index in [1.807, 2.05) is 6.07 Å². The third kappa shape index (κ3) is 4.27. The van der Waals surface area contributed by atoms with Crippen LogP contribution in [0.4, 0.5) is 13.2 Å². The molecule has 0 N–H and O–H groups in total. The van der Waals surface area contributed by atoms with E-state index in [0.717, 1.165) is 4.57 Å². The predicted octanol–water partition coefficient (Wildman–Crippen LogP) is 3.47. The molecule has 0 bridgehead atoms. The standard InChI is InChI=1S/C15H10ClF3N2O2/c16-13-7-11(15(17,18)19)9-21(14(13)22)5-6-23-12-3-1-10(8-20)2-4-12/h1-4,7,9H,5-6H2. The molecule has 120 valence electrons. The van der Waals surface area contributed by atoms with Crippen molar-refractivity contribution in [3.8, 4) is 11.8 Å². The Morgan fingerprint density at radius 2 is 1.91 bits per heavy atom. The average molecular weight is 343 g/mol. The molecule has 0 amide bonds. The Morgan fingerprint density at radius 1 is 1.26 bits per heavy atom. The monoisotopic (exact) mass is 342 g/mol. The molecule has 1 heterocycles. The molecule has 0 unspecified atom stereocenters. The Morgan fingerprint density at radius 3 is 2.48 bits per heavy atom. The van der Waals surface area contributed by atoms with Crippen LogP contribution >= 0.6 is 11.6 Å². The molecular weight excluding hydrogens is 333 g/mol. The van der Waals surface area contributed by atoms with E-state index in [-0.39, 0.29) is 13.2 Å². The van der Waals surface area contributed by atoms with Crippen molar-refractivity contribution in [2.75, 3.05) is 6.61 Å². The number of alkyl halides is 3. The minimum absolute atomic E-state index is 0.0244. The summed E-state index contributed by atoms with van der Waals surface area (Å²) in [5.74, 6) is 0.440. The van der Waals surface area contributed by atoms with E-state index >= 15 is 0 Å². The van der Waals surface area contributed by atoms with Crippen molar-refractivity contribution in [3.05, 3.63) is 63.0 Å². The van der Waals surface area contributed by atoms with Crippen LogP contribution in [0.1, 0.15) is 11.1 Å². The number of nitrogens with zero attached hydrogens (tertiary/aromatic N) is 2. The SMILES string of the molecule is N#Cc1ccc(OCCn2cc(C(F)(F)F)cc(Cl)c2=O)cc1. The summed E-state index contributed by atoms with van der Waals surface area (Å²) in [7, 11) is 0. The topological polar surface area (TPSA) is 55.0 Å². The molecule has 0 saturated heterocycles. The molecule has 0 saturated carbocycles. The fraction of sp³-hybridized carbons (Fsp3) is 0.200. The zero-order valence-electron chi connectivity index (χ0n) is 11.6. The van der Waals surface area contributed by atoms with Crippen LogP contribution in [-0.4, -0.2) is 11.2 Å². The van der Waals surface area contributed by atoms with Gasteiger partial charge in [0.1, 0.15) is 17.4 Å². The number of benzene rings is 1. The van der Waals surface area contributed by atoms with E-state index in [2.05, 4.69) is 0 Å². The first-order chi connectivity index (χ1) is 10.8. The van der Waals surface area contributed by atoms with Gasteiger partial charge in [-0.3, -0.25) is 4.79 Å². The Balaban J connectivity index is 2.09.